The Labute approximate surface area is 120 Å². The van der Waals surface area contributed by atoms with Gasteiger partial charge in [-0.3, -0.25) is 0 Å². The second-order valence-electron chi connectivity index (χ2n) is 5.66. The molecular weight excluding hydrogens is 258 g/mol. The van der Waals surface area contributed by atoms with E-state index in [2.05, 4.69) is 10.3 Å². The molecule has 20 heavy (non-hydrogen) atoms. The van der Waals surface area contributed by atoms with E-state index >= 15 is 0 Å². The third-order valence-corrected chi connectivity index (χ3v) is 2.60. The van der Waals surface area contributed by atoms with Crippen molar-refractivity contribution in [2.24, 2.45) is 0 Å². The molecule has 1 amide bonds. The van der Waals surface area contributed by atoms with E-state index in [-0.39, 0.29) is 6.04 Å². The molecule has 0 aliphatic carbocycles. The number of hydrogen-bond acceptors (Lipinski definition) is 4. The first-order valence-electron chi connectivity index (χ1n) is 6.88. The van der Waals surface area contributed by atoms with Gasteiger partial charge in [0.15, 0.2) is 0 Å². The number of carbonyl (C=O) groups is 1. The maximum atomic E-state index is 11.6. The fourth-order valence-corrected chi connectivity index (χ4v) is 1.71. The van der Waals surface area contributed by atoms with E-state index in [0.29, 0.717) is 19.8 Å². The van der Waals surface area contributed by atoms with Gasteiger partial charge in [-0.25, -0.2) is 9.78 Å². The Balaban J connectivity index is 2.53. The molecule has 1 rings (SSSR count). The second-order valence-corrected chi connectivity index (χ2v) is 5.66. The van der Waals surface area contributed by atoms with Crippen molar-refractivity contribution in [1.82, 2.24) is 14.9 Å². The zero-order valence-corrected chi connectivity index (χ0v) is 13.0. The van der Waals surface area contributed by atoms with Gasteiger partial charge < -0.3 is 19.4 Å². The summed E-state index contributed by atoms with van der Waals surface area (Å²) in [6, 6.07) is 0.174. The van der Waals surface area contributed by atoms with Crippen molar-refractivity contribution >= 4 is 6.09 Å². The Morgan fingerprint density at radius 1 is 1.50 bits per heavy atom. The molecule has 0 saturated carbocycles. The van der Waals surface area contributed by atoms with E-state index in [9.17, 15) is 4.79 Å². The second kappa shape index (κ2) is 7.28. The summed E-state index contributed by atoms with van der Waals surface area (Å²) in [5.41, 5.74) is 0.426. The maximum absolute atomic E-state index is 11.6. The first kappa shape index (κ1) is 16.5. The minimum atomic E-state index is -0.493. The number of nitrogens with one attached hydrogen (secondary N) is 1. The van der Waals surface area contributed by atoms with E-state index in [4.69, 9.17) is 9.47 Å². The number of amides is 1. The molecule has 6 nitrogen and oxygen atoms in total. The number of nitrogens with zero attached hydrogens (tertiary/aromatic N) is 2. The number of carbonyl (C=O) groups excluding carboxylic acids is 1. The van der Waals surface area contributed by atoms with Crippen LogP contribution in [0.3, 0.4) is 0 Å². The average molecular weight is 283 g/mol. The largest absolute Gasteiger partial charge is 0.444 e. The van der Waals surface area contributed by atoms with Crippen molar-refractivity contribution < 1.29 is 14.3 Å². The number of hydrogen-bond donors (Lipinski definition) is 1. The summed E-state index contributed by atoms with van der Waals surface area (Å²) in [4.78, 5) is 15.7. The first-order chi connectivity index (χ1) is 9.33. The van der Waals surface area contributed by atoms with Crippen LogP contribution >= 0.6 is 0 Å². The molecule has 0 bridgehead atoms. The van der Waals surface area contributed by atoms with Crippen LogP contribution in [-0.2, 0) is 16.0 Å². The van der Waals surface area contributed by atoms with Gasteiger partial charge in [-0.2, -0.15) is 0 Å². The third kappa shape index (κ3) is 5.61. The molecule has 1 unspecified atom stereocenters. The number of ether oxygens (including phenoxy) is 2. The predicted octanol–water partition coefficient (Wildman–Crippen LogP) is 2.51. The van der Waals surface area contributed by atoms with Crippen molar-refractivity contribution in [3.63, 3.8) is 0 Å². The average Bonchev–Trinajstić information content (AvgIpc) is 2.79. The lowest BCUT2D eigenvalue weighted by molar-refractivity contribution is 0.0521. The molecule has 1 aromatic rings. The molecule has 0 aromatic carbocycles. The summed E-state index contributed by atoms with van der Waals surface area (Å²) in [6.45, 7) is 11.2. The van der Waals surface area contributed by atoms with Gasteiger partial charge in [0.25, 0.3) is 0 Å². The van der Waals surface area contributed by atoms with E-state index in [1.165, 1.54) is 0 Å². The highest BCUT2D eigenvalue weighted by Gasteiger charge is 2.16. The number of alkyl carbamates (subject to hydrolysis) is 1. The molecule has 1 atom stereocenters. The van der Waals surface area contributed by atoms with Crippen LogP contribution in [-0.4, -0.2) is 34.5 Å². The zero-order chi connectivity index (χ0) is 15.2. The van der Waals surface area contributed by atoms with Gasteiger partial charge in [0.2, 0.25) is 0 Å². The van der Waals surface area contributed by atoms with Gasteiger partial charge >= 0.3 is 6.09 Å². The minimum Gasteiger partial charge on any atom is -0.444 e. The van der Waals surface area contributed by atoms with Gasteiger partial charge in [-0.1, -0.05) is 0 Å². The van der Waals surface area contributed by atoms with Crippen molar-refractivity contribution in [2.45, 2.75) is 52.8 Å². The molecule has 1 N–H and O–H groups in total. The number of imidazole rings is 1. The quantitative estimate of drug-likeness (QED) is 0.871. The summed E-state index contributed by atoms with van der Waals surface area (Å²) >= 11 is 0. The molecule has 0 radical (unpaired) electrons. The zero-order valence-electron chi connectivity index (χ0n) is 13.0. The van der Waals surface area contributed by atoms with E-state index in [1.54, 1.807) is 12.5 Å². The molecular formula is C14H25N3O3. The molecule has 0 aliphatic heterocycles. The van der Waals surface area contributed by atoms with Crippen LogP contribution in [0.4, 0.5) is 4.79 Å². The summed E-state index contributed by atoms with van der Waals surface area (Å²) in [5, 5.41) is 2.73. The Hall–Kier alpha value is -1.56. The van der Waals surface area contributed by atoms with E-state index < -0.39 is 11.7 Å². The Bertz CT molecular complexity index is 424. The van der Waals surface area contributed by atoms with Crippen molar-refractivity contribution in [3.8, 4) is 0 Å². The molecule has 0 spiro atoms. The van der Waals surface area contributed by atoms with Crippen LogP contribution in [0.2, 0.25) is 0 Å². The number of rotatable bonds is 6. The standard InChI is InChI=1S/C14H25N3O3/c1-6-19-9-11(2)17-10-15-7-12(17)8-16-13(18)20-14(3,4)5/h7,10-11H,6,8-9H2,1-5H3,(H,16,18). The van der Waals surface area contributed by atoms with Crippen LogP contribution in [0.15, 0.2) is 12.5 Å². The normalized spacial score (nSPS) is 13.1. The molecule has 0 aliphatic rings. The minimum absolute atomic E-state index is 0.174. The molecule has 1 heterocycles. The lowest BCUT2D eigenvalue weighted by Gasteiger charge is -2.20. The summed E-state index contributed by atoms with van der Waals surface area (Å²) < 4.78 is 12.6. The molecule has 6 heteroatoms. The van der Waals surface area contributed by atoms with E-state index in [1.807, 2.05) is 39.2 Å². The molecule has 0 fully saturated rings. The number of aromatic nitrogens is 2. The highest BCUT2D eigenvalue weighted by molar-refractivity contribution is 5.67. The predicted molar refractivity (Wildman–Crippen MR) is 76.5 cm³/mol. The third-order valence-electron chi connectivity index (χ3n) is 2.60. The Kier molecular flexibility index (Phi) is 6.01. The van der Waals surface area contributed by atoms with Gasteiger partial charge in [-0.05, 0) is 34.6 Å². The van der Waals surface area contributed by atoms with Crippen LogP contribution < -0.4 is 5.32 Å². The fourth-order valence-electron chi connectivity index (χ4n) is 1.71. The van der Waals surface area contributed by atoms with Crippen LogP contribution in [0.1, 0.15) is 46.4 Å². The Morgan fingerprint density at radius 2 is 2.20 bits per heavy atom. The van der Waals surface area contributed by atoms with Gasteiger partial charge in [0.1, 0.15) is 5.60 Å². The highest BCUT2D eigenvalue weighted by atomic mass is 16.6. The maximum Gasteiger partial charge on any atom is 0.407 e. The van der Waals surface area contributed by atoms with Gasteiger partial charge in [-0.15, -0.1) is 0 Å². The SMILES string of the molecule is CCOCC(C)n1cncc1CNC(=O)OC(C)(C)C. The van der Waals surface area contributed by atoms with Crippen LogP contribution in [0.5, 0.6) is 0 Å². The van der Waals surface area contributed by atoms with Gasteiger partial charge in [0.05, 0.1) is 31.2 Å². The van der Waals surface area contributed by atoms with Crippen LogP contribution in [0, 0.1) is 0 Å². The fraction of sp³-hybridized carbons (Fsp3) is 0.714. The van der Waals surface area contributed by atoms with Crippen molar-refractivity contribution in [3.05, 3.63) is 18.2 Å². The summed E-state index contributed by atoms with van der Waals surface area (Å²) in [6.07, 6.45) is 3.05. The topological polar surface area (TPSA) is 65.4 Å². The van der Waals surface area contributed by atoms with Gasteiger partial charge in [0, 0.05) is 12.8 Å². The van der Waals surface area contributed by atoms with Crippen LogP contribution in [0.25, 0.3) is 0 Å². The monoisotopic (exact) mass is 283 g/mol. The summed E-state index contributed by atoms with van der Waals surface area (Å²) in [5.74, 6) is 0. The van der Waals surface area contributed by atoms with Crippen molar-refractivity contribution in [2.75, 3.05) is 13.2 Å². The van der Waals surface area contributed by atoms with Crippen molar-refractivity contribution in [1.29, 1.82) is 0 Å². The lowest BCUT2D eigenvalue weighted by Crippen LogP contribution is -2.32. The molecule has 0 saturated heterocycles. The summed E-state index contributed by atoms with van der Waals surface area (Å²) in [7, 11) is 0. The molecule has 1 aromatic heterocycles. The van der Waals surface area contributed by atoms with E-state index in [0.717, 1.165) is 5.69 Å². The first-order valence-corrected chi connectivity index (χ1v) is 6.88. The molecule has 114 valence electrons. The lowest BCUT2D eigenvalue weighted by atomic mass is 10.2. The highest BCUT2D eigenvalue weighted by Crippen LogP contribution is 2.11. The Morgan fingerprint density at radius 3 is 2.80 bits per heavy atom. The smallest absolute Gasteiger partial charge is 0.407 e.